The zero-order valence-corrected chi connectivity index (χ0v) is 14.0. The van der Waals surface area contributed by atoms with Crippen LogP contribution in [0.1, 0.15) is 39.0 Å². The van der Waals surface area contributed by atoms with Crippen LogP contribution in [0.3, 0.4) is 0 Å². The smallest absolute Gasteiger partial charge is 0.332 e. The normalized spacial score (nSPS) is 10.8. The summed E-state index contributed by atoms with van der Waals surface area (Å²) in [6.45, 7) is 1.72. The van der Waals surface area contributed by atoms with Crippen LogP contribution in [-0.4, -0.2) is 62.6 Å². The molecule has 0 saturated carbocycles. The highest BCUT2D eigenvalue weighted by atomic mass is 16.4. The number of carboxylic acids is 4. The van der Waals surface area contributed by atoms with Crippen LogP contribution in [0, 0.1) is 0 Å². The minimum atomic E-state index is -1.80. The molecule has 0 spiro atoms. The zero-order chi connectivity index (χ0) is 20.6. The van der Waals surface area contributed by atoms with Crippen molar-refractivity contribution in [3.8, 4) is 0 Å². The fourth-order valence-corrected chi connectivity index (χ4v) is 1.05. The van der Waals surface area contributed by atoms with E-state index in [1.807, 2.05) is 0 Å². The summed E-state index contributed by atoms with van der Waals surface area (Å²) in [5.74, 6) is -4.88. The van der Waals surface area contributed by atoms with E-state index in [-0.39, 0.29) is 12.6 Å². The summed E-state index contributed by atoms with van der Waals surface area (Å²) >= 11 is 0. The highest BCUT2D eigenvalue weighted by Crippen LogP contribution is 2.04. The molecule has 0 bridgehead atoms. The number of unbranched alkanes of at least 4 members (excludes halogenated alkanes) is 2. The molecule has 12 N–H and O–H groups in total. The van der Waals surface area contributed by atoms with Gasteiger partial charge in [-0.15, -0.1) is 0 Å². The summed E-state index contributed by atoms with van der Waals surface area (Å²) in [7, 11) is 0. The standard InChI is InChI=1S/C8H15NO4.C3H5NO4.C2H8N2/c9-6(8(12)13)4-2-1-3-5-7(10)11;4-1(2(5)6)3(7)8;1-2(3)4/h6H,1-5,9H2,(H,10,11)(H,12,13);1H,4H2,(H,5,6)(H,7,8);2H,3-4H2,1H3. The van der Waals surface area contributed by atoms with E-state index >= 15 is 0 Å². The van der Waals surface area contributed by atoms with Crippen molar-refractivity contribution >= 4 is 23.9 Å². The van der Waals surface area contributed by atoms with Crippen molar-refractivity contribution in [1.29, 1.82) is 0 Å². The molecule has 25 heavy (non-hydrogen) atoms. The molecule has 148 valence electrons. The van der Waals surface area contributed by atoms with E-state index in [1.165, 1.54) is 0 Å². The Morgan fingerprint density at radius 1 is 0.760 bits per heavy atom. The van der Waals surface area contributed by atoms with Gasteiger partial charge in [0.15, 0.2) is 0 Å². The Morgan fingerprint density at radius 2 is 1.16 bits per heavy atom. The summed E-state index contributed by atoms with van der Waals surface area (Å²) in [6.07, 6.45) is 2.35. The molecule has 0 amide bonds. The van der Waals surface area contributed by atoms with E-state index in [4.69, 9.17) is 37.6 Å². The Bertz CT molecular complexity index is 400. The molecule has 0 heterocycles. The molecular formula is C13H28N4O8. The average molecular weight is 368 g/mol. The lowest BCUT2D eigenvalue weighted by Gasteiger charge is -2.04. The second kappa shape index (κ2) is 16.6. The van der Waals surface area contributed by atoms with Crippen LogP contribution in [0.2, 0.25) is 0 Å². The van der Waals surface area contributed by atoms with E-state index in [9.17, 15) is 19.2 Å². The number of nitrogens with two attached hydrogens (primary N) is 4. The van der Waals surface area contributed by atoms with E-state index in [0.29, 0.717) is 25.7 Å². The fourth-order valence-electron chi connectivity index (χ4n) is 1.05. The topological polar surface area (TPSA) is 253 Å². The molecule has 1 unspecified atom stereocenters. The largest absolute Gasteiger partial charge is 0.481 e. The Balaban J connectivity index is -0.000000342. The molecule has 0 aliphatic carbocycles. The predicted octanol–water partition coefficient (Wildman–Crippen LogP) is -1.83. The Kier molecular flexibility index (Phi) is 18.3. The monoisotopic (exact) mass is 368 g/mol. The molecule has 12 heteroatoms. The molecule has 0 saturated heterocycles. The number of rotatable bonds is 9. The molecule has 0 aromatic carbocycles. The predicted molar refractivity (Wildman–Crippen MR) is 87.4 cm³/mol. The van der Waals surface area contributed by atoms with Crippen LogP contribution in [0.25, 0.3) is 0 Å². The van der Waals surface area contributed by atoms with Gasteiger partial charge in [0.1, 0.15) is 6.04 Å². The third kappa shape index (κ3) is 26.9. The lowest BCUT2D eigenvalue weighted by Crippen LogP contribution is -2.38. The second-order valence-corrected chi connectivity index (χ2v) is 4.95. The molecule has 12 nitrogen and oxygen atoms in total. The van der Waals surface area contributed by atoms with E-state index in [2.05, 4.69) is 5.73 Å². The highest BCUT2D eigenvalue weighted by Gasteiger charge is 2.18. The molecule has 0 aliphatic rings. The first-order valence-electron chi connectivity index (χ1n) is 7.25. The fraction of sp³-hybridized carbons (Fsp3) is 0.692. The lowest BCUT2D eigenvalue weighted by molar-refractivity contribution is -0.149. The van der Waals surface area contributed by atoms with Gasteiger partial charge < -0.3 is 43.4 Å². The summed E-state index contributed by atoms with van der Waals surface area (Å²) in [4.78, 5) is 39.6. The van der Waals surface area contributed by atoms with Crippen LogP contribution in [0.5, 0.6) is 0 Å². The first kappa shape index (κ1) is 27.6. The third-order valence-electron chi connectivity index (χ3n) is 2.26. The molecule has 0 aromatic heterocycles. The average Bonchev–Trinajstić information content (AvgIpc) is 2.45. The molecule has 0 aliphatic heterocycles. The van der Waals surface area contributed by atoms with Gasteiger partial charge in [0.2, 0.25) is 6.04 Å². The van der Waals surface area contributed by atoms with Crippen molar-refractivity contribution in [2.45, 2.75) is 57.3 Å². The summed E-state index contributed by atoms with van der Waals surface area (Å²) in [5, 5.41) is 32.4. The van der Waals surface area contributed by atoms with Crippen LogP contribution < -0.4 is 22.9 Å². The quantitative estimate of drug-likeness (QED) is 0.127. The van der Waals surface area contributed by atoms with Gasteiger partial charge >= 0.3 is 23.9 Å². The Labute approximate surface area is 144 Å². The van der Waals surface area contributed by atoms with Gasteiger partial charge in [-0.1, -0.05) is 12.8 Å². The van der Waals surface area contributed by atoms with Crippen LogP contribution in [0.4, 0.5) is 0 Å². The number of hydrogen-bond donors (Lipinski definition) is 8. The number of aliphatic carboxylic acids is 4. The maximum atomic E-state index is 10.3. The van der Waals surface area contributed by atoms with Crippen LogP contribution in [-0.2, 0) is 19.2 Å². The van der Waals surface area contributed by atoms with Crippen LogP contribution in [0.15, 0.2) is 0 Å². The van der Waals surface area contributed by atoms with Crippen molar-refractivity contribution < 1.29 is 39.6 Å². The van der Waals surface area contributed by atoms with Crippen LogP contribution >= 0.6 is 0 Å². The number of hydrogen-bond acceptors (Lipinski definition) is 8. The second-order valence-electron chi connectivity index (χ2n) is 4.95. The van der Waals surface area contributed by atoms with Gasteiger partial charge in [-0.2, -0.15) is 0 Å². The SMILES string of the molecule is CC(N)N.NC(C(=O)O)C(=O)O.NC(CCCCCC(=O)O)C(=O)O. The highest BCUT2D eigenvalue weighted by molar-refractivity contribution is 5.96. The first-order valence-corrected chi connectivity index (χ1v) is 7.25. The first-order chi connectivity index (χ1) is 11.3. The van der Waals surface area contributed by atoms with Crippen molar-refractivity contribution in [2.75, 3.05) is 0 Å². The van der Waals surface area contributed by atoms with Gasteiger partial charge in [-0.25, -0.2) is 9.59 Å². The van der Waals surface area contributed by atoms with Crippen molar-refractivity contribution in [2.24, 2.45) is 22.9 Å². The van der Waals surface area contributed by atoms with E-state index < -0.39 is 36.0 Å². The number of carboxylic acid groups (broad SMARTS) is 4. The van der Waals surface area contributed by atoms with Gasteiger partial charge in [-0.05, 0) is 19.8 Å². The van der Waals surface area contributed by atoms with Crippen molar-refractivity contribution in [3.05, 3.63) is 0 Å². The molecule has 0 aromatic rings. The molecule has 0 fully saturated rings. The maximum Gasteiger partial charge on any atom is 0.332 e. The molecule has 0 radical (unpaired) electrons. The van der Waals surface area contributed by atoms with Gasteiger partial charge in [0.05, 0.1) is 0 Å². The Morgan fingerprint density at radius 3 is 1.40 bits per heavy atom. The summed E-state index contributed by atoms with van der Waals surface area (Å²) in [5.41, 5.74) is 19.6. The van der Waals surface area contributed by atoms with E-state index in [0.717, 1.165) is 0 Å². The molecule has 1 atom stereocenters. The minimum absolute atomic E-state index is 0.141. The maximum absolute atomic E-state index is 10.3. The molecular weight excluding hydrogens is 340 g/mol. The summed E-state index contributed by atoms with van der Waals surface area (Å²) in [6, 6.07) is -2.61. The van der Waals surface area contributed by atoms with Gasteiger partial charge in [0, 0.05) is 12.6 Å². The van der Waals surface area contributed by atoms with Gasteiger partial charge in [0.25, 0.3) is 0 Å². The number of carbonyl (C=O) groups is 4. The lowest BCUT2D eigenvalue weighted by atomic mass is 10.1. The zero-order valence-electron chi connectivity index (χ0n) is 14.0. The van der Waals surface area contributed by atoms with Crippen molar-refractivity contribution in [1.82, 2.24) is 0 Å². The van der Waals surface area contributed by atoms with Crippen molar-refractivity contribution in [3.63, 3.8) is 0 Å². The van der Waals surface area contributed by atoms with E-state index in [1.54, 1.807) is 6.92 Å². The Hall–Kier alpha value is -2.28. The minimum Gasteiger partial charge on any atom is -0.481 e. The molecule has 0 rings (SSSR count). The third-order valence-corrected chi connectivity index (χ3v) is 2.26. The van der Waals surface area contributed by atoms with Gasteiger partial charge in [-0.3, -0.25) is 9.59 Å². The summed E-state index contributed by atoms with van der Waals surface area (Å²) < 4.78 is 0.